The Hall–Kier alpha value is -2.99. The number of benzene rings is 2. The summed E-state index contributed by atoms with van der Waals surface area (Å²) in [5.41, 5.74) is 1.75. The summed E-state index contributed by atoms with van der Waals surface area (Å²) in [5, 5.41) is 11.6. The number of methoxy groups -OCH3 is 1. The van der Waals surface area contributed by atoms with Crippen LogP contribution < -0.4 is 9.47 Å². The molecule has 1 aliphatic heterocycles. The lowest BCUT2D eigenvalue weighted by atomic mass is 9.94. The molecule has 0 radical (unpaired) electrons. The molecule has 1 heterocycles. The number of hydrogen-bond donors (Lipinski definition) is 1. The van der Waals surface area contributed by atoms with Crippen LogP contribution in [-0.2, 0) is 9.59 Å². The molecule has 1 N–H and O–H groups in total. The number of nitrogens with zero attached hydrogens (tertiary/aromatic N) is 1. The van der Waals surface area contributed by atoms with E-state index < -0.39 is 17.7 Å². The van der Waals surface area contributed by atoms with Gasteiger partial charge < -0.3 is 19.5 Å². The van der Waals surface area contributed by atoms with E-state index in [2.05, 4.69) is 0 Å². The molecule has 1 fully saturated rings. The maximum absolute atomic E-state index is 13.1. The summed E-state index contributed by atoms with van der Waals surface area (Å²) in [5.74, 6) is -0.802. The van der Waals surface area contributed by atoms with Crippen LogP contribution in [0.1, 0.15) is 49.4 Å². The van der Waals surface area contributed by atoms with E-state index in [4.69, 9.17) is 21.1 Å². The van der Waals surface area contributed by atoms with Gasteiger partial charge in [0.25, 0.3) is 11.7 Å². The van der Waals surface area contributed by atoms with Crippen LogP contribution >= 0.6 is 11.6 Å². The van der Waals surface area contributed by atoms with Gasteiger partial charge in [0.1, 0.15) is 17.3 Å². The number of aliphatic hydroxyl groups excluding tert-OH is 1. The largest absolute Gasteiger partial charge is 0.507 e. The Morgan fingerprint density at radius 2 is 1.91 bits per heavy atom. The lowest BCUT2D eigenvalue weighted by Crippen LogP contribution is -2.30. The van der Waals surface area contributed by atoms with Gasteiger partial charge in [-0.3, -0.25) is 9.59 Å². The van der Waals surface area contributed by atoms with E-state index in [1.807, 2.05) is 45.0 Å². The maximum atomic E-state index is 13.1. The lowest BCUT2D eigenvalue weighted by molar-refractivity contribution is -0.139. The fraction of sp³-hybridized carbons (Fsp3) is 0.360. The van der Waals surface area contributed by atoms with Crippen molar-refractivity contribution in [3.8, 4) is 11.5 Å². The van der Waals surface area contributed by atoms with Crippen molar-refractivity contribution in [3.63, 3.8) is 0 Å². The first-order chi connectivity index (χ1) is 15.3. The number of likely N-dealkylation sites (tertiary alicyclic amines) is 1. The first-order valence-electron chi connectivity index (χ1n) is 10.7. The van der Waals surface area contributed by atoms with Gasteiger partial charge >= 0.3 is 0 Å². The number of aryl methyl sites for hydroxylation is 1. The van der Waals surface area contributed by atoms with E-state index in [1.165, 1.54) is 12.0 Å². The third-order valence-corrected chi connectivity index (χ3v) is 5.58. The van der Waals surface area contributed by atoms with Crippen molar-refractivity contribution in [3.05, 3.63) is 63.7 Å². The number of rotatable bonds is 8. The van der Waals surface area contributed by atoms with Crippen molar-refractivity contribution in [2.24, 2.45) is 0 Å². The summed E-state index contributed by atoms with van der Waals surface area (Å²) >= 11 is 6.31. The van der Waals surface area contributed by atoms with Gasteiger partial charge in [0.05, 0.1) is 35.9 Å². The molecule has 1 amide bonds. The molecular weight excluding hydrogens is 430 g/mol. The number of halogens is 1. The molecule has 0 aliphatic carbocycles. The average molecular weight is 458 g/mol. The Bertz CT molecular complexity index is 1060. The van der Waals surface area contributed by atoms with Crippen LogP contribution in [0.15, 0.2) is 42.0 Å². The van der Waals surface area contributed by atoms with Crippen LogP contribution in [-0.4, -0.2) is 42.0 Å². The summed E-state index contributed by atoms with van der Waals surface area (Å²) in [4.78, 5) is 27.5. The summed E-state index contributed by atoms with van der Waals surface area (Å²) in [7, 11) is 1.44. The van der Waals surface area contributed by atoms with Crippen LogP contribution in [0, 0.1) is 6.92 Å². The van der Waals surface area contributed by atoms with Crippen LogP contribution in [0.3, 0.4) is 0 Å². The van der Waals surface area contributed by atoms with Gasteiger partial charge in [0.15, 0.2) is 0 Å². The Balaban J connectivity index is 2.23. The van der Waals surface area contributed by atoms with Crippen LogP contribution in [0.5, 0.6) is 11.5 Å². The number of amides is 1. The van der Waals surface area contributed by atoms with Gasteiger partial charge in [-0.1, -0.05) is 37.6 Å². The second-order valence-corrected chi connectivity index (χ2v) is 8.15. The molecule has 1 aliphatic rings. The molecule has 170 valence electrons. The number of carbonyl (C=O) groups excluding carboxylic acids is 2. The molecule has 1 saturated heterocycles. The van der Waals surface area contributed by atoms with E-state index in [1.54, 1.807) is 12.1 Å². The summed E-state index contributed by atoms with van der Waals surface area (Å²) in [6.45, 7) is 6.69. The molecule has 0 aromatic heterocycles. The molecule has 6 nitrogen and oxygen atoms in total. The molecule has 1 unspecified atom stereocenters. The minimum atomic E-state index is -0.746. The Kier molecular flexibility index (Phi) is 7.46. The molecule has 2 aromatic carbocycles. The topological polar surface area (TPSA) is 76.1 Å². The van der Waals surface area contributed by atoms with E-state index in [0.717, 1.165) is 12.0 Å². The zero-order valence-corrected chi connectivity index (χ0v) is 19.5. The molecule has 7 heteroatoms. The number of Topliss-reactive ketones (excluding diaryl/α,β-unsaturated/α-hetero) is 1. The monoisotopic (exact) mass is 457 g/mol. The highest BCUT2D eigenvalue weighted by atomic mass is 35.5. The zero-order valence-electron chi connectivity index (χ0n) is 18.8. The predicted octanol–water partition coefficient (Wildman–Crippen LogP) is 5.28. The quantitative estimate of drug-likeness (QED) is 0.331. The summed E-state index contributed by atoms with van der Waals surface area (Å²) < 4.78 is 11.1. The molecule has 2 aromatic rings. The van der Waals surface area contributed by atoms with Gasteiger partial charge in [0, 0.05) is 6.54 Å². The molecule has 0 bridgehead atoms. The highest BCUT2D eigenvalue weighted by Crippen LogP contribution is 2.43. The van der Waals surface area contributed by atoms with Crippen molar-refractivity contribution in [2.75, 3.05) is 20.3 Å². The van der Waals surface area contributed by atoms with Gasteiger partial charge in [0.2, 0.25) is 0 Å². The second-order valence-electron chi connectivity index (χ2n) is 7.74. The average Bonchev–Trinajstić information content (AvgIpc) is 3.02. The fourth-order valence-corrected chi connectivity index (χ4v) is 4.30. The van der Waals surface area contributed by atoms with E-state index in [0.29, 0.717) is 35.9 Å². The van der Waals surface area contributed by atoms with Crippen molar-refractivity contribution in [1.29, 1.82) is 0 Å². The minimum Gasteiger partial charge on any atom is -0.507 e. The van der Waals surface area contributed by atoms with Crippen molar-refractivity contribution >= 4 is 29.1 Å². The van der Waals surface area contributed by atoms with Crippen LogP contribution in [0.2, 0.25) is 5.02 Å². The number of hydrogen-bond acceptors (Lipinski definition) is 5. The second kappa shape index (κ2) is 10.1. The lowest BCUT2D eigenvalue weighted by Gasteiger charge is -2.25. The van der Waals surface area contributed by atoms with Gasteiger partial charge in [-0.25, -0.2) is 0 Å². The number of carbonyl (C=O) groups is 2. The number of ketones is 1. The first kappa shape index (κ1) is 23.7. The van der Waals surface area contributed by atoms with Crippen molar-refractivity contribution in [1.82, 2.24) is 4.90 Å². The third kappa shape index (κ3) is 4.46. The standard InChI is InChI=1S/C25H28ClNO5/c1-5-10-27-21(16-8-7-9-17(14-16)32-11-6-2)20(23(29)25(27)30)22(28)18-12-15(3)13-19(26)24(18)31-4/h7-9,12-14,21,28H,5-6,10-11H2,1-4H3/b22-20+. The smallest absolute Gasteiger partial charge is 0.295 e. The Labute approximate surface area is 193 Å². The highest BCUT2D eigenvalue weighted by Gasteiger charge is 2.46. The highest BCUT2D eigenvalue weighted by molar-refractivity contribution is 6.46. The Morgan fingerprint density at radius 1 is 1.16 bits per heavy atom. The SMILES string of the molecule is CCCOc1cccc(C2/C(=C(\O)c3cc(C)cc(Cl)c3OC)C(=O)C(=O)N2CCC)c1. The Morgan fingerprint density at radius 3 is 2.56 bits per heavy atom. The summed E-state index contributed by atoms with van der Waals surface area (Å²) in [6, 6.07) is 9.92. The van der Waals surface area contributed by atoms with Gasteiger partial charge in [-0.2, -0.15) is 0 Å². The molecule has 1 atom stereocenters. The molecule has 0 spiro atoms. The van der Waals surface area contributed by atoms with E-state index in [-0.39, 0.29) is 22.6 Å². The molecular formula is C25H28ClNO5. The minimum absolute atomic E-state index is 0.0102. The summed E-state index contributed by atoms with van der Waals surface area (Å²) in [6.07, 6.45) is 1.52. The van der Waals surface area contributed by atoms with Crippen molar-refractivity contribution in [2.45, 2.75) is 39.7 Å². The first-order valence-corrected chi connectivity index (χ1v) is 11.1. The molecule has 3 rings (SSSR count). The maximum Gasteiger partial charge on any atom is 0.295 e. The van der Waals surface area contributed by atoms with Gasteiger partial charge in [-0.05, 0) is 55.2 Å². The fourth-order valence-electron chi connectivity index (χ4n) is 3.95. The third-order valence-electron chi connectivity index (χ3n) is 5.30. The van der Waals surface area contributed by atoms with E-state index in [9.17, 15) is 14.7 Å². The van der Waals surface area contributed by atoms with Crippen LogP contribution in [0.25, 0.3) is 5.76 Å². The number of aliphatic hydroxyl groups is 1. The van der Waals surface area contributed by atoms with Gasteiger partial charge in [-0.15, -0.1) is 0 Å². The molecule has 32 heavy (non-hydrogen) atoms. The molecule has 0 saturated carbocycles. The normalized spacial score (nSPS) is 17.7. The van der Waals surface area contributed by atoms with E-state index >= 15 is 0 Å². The zero-order chi connectivity index (χ0) is 23.4. The number of ether oxygens (including phenoxy) is 2. The van der Waals surface area contributed by atoms with Crippen molar-refractivity contribution < 1.29 is 24.2 Å². The van der Waals surface area contributed by atoms with Crippen LogP contribution in [0.4, 0.5) is 0 Å². The predicted molar refractivity (Wildman–Crippen MR) is 124 cm³/mol.